The van der Waals surface area contributed by atoms with Gasteiger partial charge in [-0.3, -0.25) is 4.68 Å². The minimum Gasteiger partial charge on any atom is -0.357 e. The van der Waals surface area contributed by atoms with Crippen LogP contribution in [0.15, 0.2) is 41.5 Å². The van der Waals surface area contributed by atoms with Gasteiger partial charge in [0.15, 0.2) is 5.96 Å². The van der Waals surface area contributed by atoms with E-state index in [1.165, 1.54) is 0 Å². The molecule has 1 aliphatic rings. The Kier molecular flexibility index (Phi) is 9.23. The van der Waals surface area contributed by atoms with Crippen molar-refractivity contribution in [3.63, 3.8) is 0 Å². The first kappa shape index (κ1) is 23.0. The Labute approximate surface area is 189 Å². The van der Waals surface area contributed by atoms with Gasteiger partial charge < -0.3 is 20.9 Å². The molecule has 8 nitrogen and oxygen atoms in total. The van der Waals surface area contributed by atoms with Crippen molar-refractivity contribution in [1.29, 1.82) is 0 Å². The molecule has 0 saturated carbocycles. The van der Waals surface area contributed by atoms with Gasteiger partial charge in [0.2, 0.25) is 0 Å². The number of halogens is 1. The van der Waals surface area contributed by atoms with Crippen molar-refractivity contribution in [2.45, 2.75) is 32.9 Å². The summed E-state index contributed by atoms with van der Waals surface area (Å²) in [5.74, 6) is 0.746. The van der Waals surface area contributed by atoms with Crippen LogP contribution in [0.1, 0.15) is 31.0 Å². The zero-order chi connectivity index (χ0) is 19.8. The molecular weight excluding hydrogens is 481 g/mol. The van der Waals surface area contributed by atoms with E-state index in [0.29, 0.717) is 13.1 Å². The predicted octanol–water partition coefficient (Wildman–Crippen LogP) is 2.92. The largest absolute Gasteiger partial charge is 0.357 e. The summed E-state index contributed by atoms with van der Waals surface area (Å²) in [7, 11) is 1.92. The molecule has 0 aliphatic carbocycles. The number of urea groups is 1. The van der Waals surface area contributed by atoms with Gasteiger partial charge in [-0.2, -0.15) is 5.10 Å². The molecule has 1 saturated heterocycles. The summed E-state index contributed by atoms with van der Waals surface area (Å²) in [5.41, 5.74) is 2.92. The average Bonchev–Trinajstić information content (AvgIpc) is 3.36. The fraction of sp³-hybridized carbons (Fsp3) is 0.450. The minimum atomic E-state index is -0.0238. The van der Waals surface area contributed by atoms with Crippen LogP contribution in [0.25, 0.3) is 0 Å². The number of likely N-dealkylation sites (tertiary alicyclic amines) is 1. The number of hydrogen-bond donors (Lipinski definition) is 3. The van der Waals surface area contributed by atoms with Crippen LogP contribution in [0.2, 0.25) is 0 Å². The van der Waals surface area contributed by atoms with Gasteiger partial charge in [-0.05, 0) is 43.5 Å². The number of carbonyl (C=O) groups is 1. The molecule has 3 rings (SSSR count). The number of nitrogens with zero attached hydrogens (tertiary/aromatic N) is 4. The molecule has 9 heteroatoms. The molecule has 158 valence electrons. The van der Waals surface area contributed by atoms with Gasteiger partial charge in [0.25, 0.3) is 0 Å². The molecule has 29 heavy (non-hydrogen) atoms. The standard InChI is InChI=1S/C20H29N7O.HI/c1-3-21-19(23-15-18-9-10-24-26(18)2)22-14-16-7-6-8-17(13-16)25-20(28)27-11-4-5-12-27;/h6-10,13H,3-5,11-12,14-15H2,1-2H3,(H,25,28)(H2,21,22,23);1H. The fourth-order valence-corrected chi connectivity index (χ4v) is 3.13. The van der Waals surface area contributed by atoms with Crippen molar-refractivity contribution in [3.8, 4) is 0 Å². The first-order valence-electron chi connectivity index (χ1n) is 9.79. The van der Waals surface area contributed by atoms with Crippen LogP contribution < -0.4 is 16.0 Å². The Balaban J connectivity index is 0.00000300. The number of amides is 2. The van der Waals surface area contributed by atoms with Gasteiger partial charge in [-0.15, -0.1) is 24.0 Å². The Morgan fingerprint density at radius 2 is 2.00 bits per heavy atom. The molecule has 0 radical (unpaired) electrons. The average molecular weight is 511 g/mol. The summed E-state index contributed by atoms with van der Waals surface area (Å²) in [6.07, 6.45) is 3.95. The summed E-state index contributed by atoms with van der Waals surface area (Å²) >= 11 is 0. The van der Waals surface area contributed by atoms with E-state index in [1.54, 1.807) is 6.20 Å². The second-order valence-electron chi connectivity index (χ2n) is 6.82. The van der Waals surface area contributed by atoms with E-state index in [9.17, 15) is 4.79 Å². The number of benzene rings is 1. The summed E-state index contributed by atoms with van der Waals surface area (Å²) in [5, 5.41) is 13.7. The number of carbonyl (C=O) groups excluding carboxylic acids is 1. The molecule has 2 heterocycles. The normalized spacial score (nSPS) is 13.7. The number of aromatic nitrogens is 2. The number of rotatable bonds is 6. The highest BCUT2D eigenvalue weighted by Crippen LogP contribution is 2.14. The Bertz CT molecular complexity index is 815. The highest BCUT2D eigenvalue weighted by Gasteiger charge is 2.17. The van der Waals surface area contributed by atoms with Gasteiger partial charge in [0, 0.05) is 38.6 Å². The molecule has 0 unspecified atom stereocenters. The van der Waals surface area contributed by atoms with Crippen LogP contribution in [0.3, 0.4) is 0 Å². The maximum absolute atomic E-state index is 12.3. The van der Waals surface area contributed by atoms with Gasteiger partial charge in [-0.25, -0.2) is 9.79 Å². The molecule has 1 fully saturated rings. The number of hydrogen-bond acceptors (Lipinski definition) is 3. The van der Waals surface area contributed by atoms with Crippen LogP contribution in [0.5, 0.6) is 0 Å². The quantitative estimate of drug-likeness (QED) is 0.316. The molecule has 3 N–H and O–H groups in total. The third-order valence-corrected chi connectivity index (χ3v) is 4.69. The van der Waals surface area contributed by atoms with E-state index in [2.05, 4.69) is 26.0 Å². The van der Waals surface area contributed by atoms with Crippen LogP contribution in [-0.4, -0.2) is 46.3 Å². The van der Waals surface area contributed by atoms with Crippen molar-refractivity contribution in [2.75, 3.05) is 25.0 Å². The van der Waals surface area contributed by atoms with Gasteiger partial charge in [0.1, 0.15) is 0 Å². The molecule has 1 aliphatic heterocycles. The first-order valence-corrected chi connectivity index (χ1v) is 9.79. The summed E-state index contributed by atoms with van der Waals surface area (Å²) < 4.78 is 1.84. The number of aryl methyl sites for hydroxylation is 1. The molecule has 2 aromatic rings. The zero-order valence-corrected chi connectivity index (χ0v) is 19.3. The maximum atomic E-state index is 12.3. The SMILES string of the molecule is CCNC(=NCc1cccc(NC(=O)N2CCCC2)c1)NCc1ccnn1C.I. The lowest BCUT2D eigenvalue weighted by Crippen LogP contribution is -2.37. The maximum Gasteiger partial charge on any atom is 0.321 e. The van der Waals surface area contributed by atoms with Crippen LogP contribution in [0, 0.1) is 0 Å². The fourth-order valence-electron chi connectivity index (χ4n) is 3.13. The second kappa shape index (κ2) is 11.6. The van der Waals surface area contributed by atoms with Gasteiger partial charge in [0.05, 0.1) is 18.8 Å². The van der Waals surface area contributed by atoms with E-state index < -0.39 is 0 Å². The smallest absolute Gasteiger partial charge is 0.321 e. The lowest BCUT2D eigenvalue weighted by atomic mass is 10.2. The van der Waals surface area contributed by atoms with E-state index >= 15 is 0 Å². The van der Waals surface area contributed by atoms with Crippen molar-refractivity contribution in [3.05, 3.63) is 47.8 Å². The monoisotopic (exact) mass is 511 g/mol. The molecule has 1 aromatic heterocycles. The first-order chi connectivity index (χ1) is 13.7. The zero-order valence-electron chi connectivity index (χ0n) is 17.0. The number of guanidine groups is 1. The lowest BCUT2D eigenvalue weighted by molar-refractivity contribution is 0.222. The molecule has 2 amide bonds. The van der Waals surface area contributed by atoms with E-state index in [-0.39, 0.29) is 30.0 Å². The van der Waals surface area contributed by atoms with Crippen LogP contribution in [0.4, 0.5) is 10.5 Å². The summed E-state index contributed by atoms with van der Waals surface area (Å²) in [6.45, 7) is 5.66. The summed E-state index contributed by atoms with van der Waals surface area (Å²) in [4.78, 5) is 18.8. The van der Waals surface area contributed by atoms with Crippen LogP contribution in [-0.2, 0) is 20.1 Å². The number of aliphatic imine (C=N–C) groups is 1. The molecule has 0 spiro atoms. The van der Waals surface area contributed by atoms with E-state index in [1.807, 2.05) is 53.9 Å². The Morgan fingerprint density at radius 1 is 1.21 bits per heavy atom. The molecule has 0 bridgehead atoms. The number of anilines is 1. The third-order valence-electron chi connectivity index (χ3n) is 4.69. The third kappa shape index (κ3) is 6.91. The Morgan fingerprint density at radius 3 is 2.69 bits per heavy atom. The van der Waals surface area contributed by atoms with Crippen molar-refractivity contribution in [2.24, 2.45) is 12.0 Å². The number of nitrogens with one attached hydrogen (secondary N) is 3. The topological polar surface area (TPSA) is 86.6 Å². The van der Waals surface area contributed by atoms with Crippen molar-refractivity contribution >= 4 is 41.7 Å². The molecular formula is C20H30IN7O. The minimum absolute atomic E-state index is 0. The van der Waals surface area contributed by atoms with E-state index in [4.69, 9.17) is 0 Å². The summed E-state index contributed by atoms with van der Waals surface area (Å²) in [6, 6.07) is 9.79. The predicted molar refractivity (Wildman–Crippen MR) is 127 cm³/mol. The van der Waals surface area contributed by atoms with Crippen molar-refractivity contribution < 1.29 is 4.79 Å². The molecule has 0 atom stereocenters. The van der Waals surface area contributed by atoms with E-state index in [0.717, 1.165) is 55.4 Å². The highest BCUT2D eigenvalue weighted by molar-refractivity contribution is 14.0. The molecule has 1 aromatic carbocycles. The van der Waals surface area contributed by atoms with Gasteiger partial charge in [-0.1, -0.05) is 12.1 Å². The highest BCUT2D eigenvalue weighted by atomic mass is 127. The lowest BCUT2D eigenvalue weighted by Gasteiger charge is -2.16. The van der Waals surface area contributed by atoms with Gasteiger partial charge >= 0.3 is 6.03 Å². The Hall–Kier alpha value is -2.30. The van der Waals surface area contributed by atoms with Crippen LogP contribution >= 0.6 is 24.0 Å². The second-order valence-corrected chi connectivity index (χ2v) is 6.82. The van der Waals surface area contributed by atoms with Crippen molar-refractivity contribution in [1.82, 2.24) is 25.3 Å².